The lowest BCUT2D eigenvalue weighted by Gasteiger charge is -2.02. The summed E-state index contributed by atoms with van der Waals surface area (Å²) < 4.78 is 5.54. The molecule has 0 unspecified atom stereocenters. The second-order valence-corrected chi connectivity index (χ2v) is 6.06. The molecular formula is C23H20N2O. The highest BCUT2D eigenvalue weighted by Crippen LogP contribution is 2.23. The van der Waals surface area contributed by atoms with Crippen molar-refractivity contribution >= 4 is 23.2 Å². The van der Waals surface area contributed by atoms with Crippen LogP contribution in [0.15, 0.2) is 72.8 Å². The summed E-state index contributed by atoms with van der Waals surface area (Å²) in [4.78, 5) is 8.03. The number of aromatic amines is 1. The molecule has 3 aromatic carbocycles. The van der Waals surface area contributed by atoms with Gasteiger partial charge in [-0.15, -0.1) is 0 Å². The first kappa shape index (κ1) is 16.2. The SMILES string of the molecule is CCOc1cccc(/C=C/c2nc3ccc(-c4ccccc4)cc3[nH]2)c1. The Labute approximate surface area is 153 Å². The zero-order chi connectivity index (χ0) is 17.8. The normalized spacial score (nSPS) is 11.3. The molecule has 128 valence electrons. The molecular weight excluding hydrogens is 320 g/mol. The first-order valence-corrected chi connectivity index (χ1v) is 8.78. The molecule has 0 radical (unpaired) electrons. The first-order valence-electron chi connectivity index (χ1n) is 8.78. The van der Waals surface area contributed by atoms with E-state index in [-0.39, 0.29) is 0 Å². The van der Waals surface area contributed by atoms with E-state index in [4.69, 9.17) is 4.74 Å². The average Bonchev–Trinajstić information content (AvgIpc) is 3.10. The van der Waals surface area contributed by atoms with Gasteiger partial charge in [-0.05, 0) is 54.0 Å². The van der Waals surface area contributed by atoms with Crippen LogP contribution in [0.2, 0.25) is 0 Å². The Morgan fingerprint density at radius 3 is 2.62 bits per heavy atom. The van der Waals surface area contributed by atoms with Gasteiger partial charge < -0.3 is 9.72 Å². The molecule has 3 nitrogen and oxygen atoms in total. The van der Waals surface area contributed by atoms with E-state index in [1.807, 2.05) is 43.3 Å². The van der Waals surface area contributed by atoms with Crippen molar-refractivity contribution in [1.29, 1.82) is 0 Å². The van der Waals surface area contributed by atoms with Gasteiger partial charge in [-0.2, -0.15) is 0 Å². The third kappa shape index (κ3) is 3.52. The summed E-state index contributed by atoms with van der Waals surface area (Å²) in [5.74, 6) is 1.72. The number of imidazole rings is 1. The number of hydrogen-bond donors (Lipinski definition) is 1. The molecule has 0 atom stereocenters. The van der Waals surface area contributed by atoms with E-state index in [0.717, 1.165) is 28.2 Å². The van der Waals surface area contributed by atoms with Gasteiger partial charge in [-0.1, -0.05) is 54.6 Å². The standard InChI is InChI=1S/C23H20N2O/c1-2-26-20-10-6-7-17(15-20)11-14-23-24-21-13-12-19(16-22(21)25-23)18-8-4-3-5-9-18/h3-16H,2H2,1H3,(H,24,25)/b14-11+. The minimum absolute atomic E-state index is 0.667. The Bertz CT molecular complexity index is 1050. The minimum Gasteiger partial charge on any atom is -0.494 e. The van der Waals surface area contributed by atoms with Crippen molar-refractivity contribution in [2.75, 3.05) is 6.61 Å². The van der Waals surface area contributed by atoms with Gasteiger partial charge in [0.2, 0.25) is 0 Å². The van der Waals surface area contributed by atoms with Crippen LogP contribution in [0.25, 0.3) is 34.3 Å². The zero-order valence-corrected chi connectivity index (χ0v) is 14.6. The largest absolute Gasteiger partial charge is 0.494 e. The van der Waals surface area contributed by atoms with E-state index >= 15 is 0 Å². The second-order valence-electron chi connectivity index (χ2n) is 6.06. The number of nitrogens with one attached hydrogen (secondary N) is 1. The second kappa shape index (κ2) is 7.28. The van der Waals surface area contributed by atoms with Crippen LogP contribution in [0, 0.1) is 0 Å². The summed E-state index contributed by atoms with van der Waals surface area (Å²) in [5, 5.41) is 0. The summed E-state index contributed by atoms with van der Waals surface area (Å²) in [5.41, 5.74) is 5.47. The number of nitrogens with zero attached hydrogens (tertiary/aromatic N) is 1. The van der Waals surface area contributed by atoms with Crippen molar-refractivity contribution in [2.45, 2.75) is 6.92 Å². The molecule has 0 spiro atoms. The number of H-pyrrole nitrogens is 1. The van der Waals surface area contributed by atoms with Crippen LogP contribution in [0.3, 0.4) is 0 Å². The molecule has 0 fully saturated rings. The quantitative estimate of drug-likeness (QED) is 0.498. The van der Waals surface area contributed by atoms with Gasteiger partial charge in [0.05, 0.1) is 17.6 Å². The van der Waals surface area contributed by atoms with E-state index in [0.29, 0.717) is 6.61 Å². The molecule has 0 saturated carbocycles. The van der Waals surface area contributed by atoms with Gasteiger partial charge in [0.25, 0.3) is 0 Å². The Morgan fingerprint density at radius 2 is 1.77 bits per heavy atom. The Hall–Kier alpha value is -3.33. The summed E-state index contributed by atoms with van der Waals surface area (Å²) in [6, 6.07) is 24.7. The summed E-state index contributed by atoms with van der Waals surface area (Å²) >= 11 is 0. The smallest absolute Gasteiger partial charge is 0.131 e. The number of rotatable bonds is 5. The van der Waals surface area contributed by atoms with E-state index in [1.165, 1.54) is 11.1 Å². The molecule has 0 aliphatic heterocycles. The summed E-state index contributed by atoms with van der Waals surface area (Å²) in [7, 11) is 0. The molecule has 0 aliphatic carbocycles. The van der Waals surface area contributed by atoms with E-state index in [2.05, 4.69) is 58.5 Å². The topological polar surface area (TPSA) is 37.9 Å². The molecule has 1 heterocycles. The highest BCUT2D eigenvalue weighted by atomic mass is 16.5. The molecule has 3 heteroatoms. The molecule has 0 saturated heterocycles. The molecule has 26 heavy (non-hydrogen) atoms. The molecule has 4 aromatic rings. The Kier molecular flexibility index (Phi) is 4.52. The van der Waals surface area contributed by atoms with Gasteiger partial charge in [0, 0.05) is 0 Å². The number of aromatic nitrogens is 2. The summed E-state index contributed by atoms with van der Waals surface area (Å²) in [6.07, 6.45) is 4.03. The van der Waals surface area contributed by atoms with Crippen LogP contribution in [-0.2, 0) is 0 Å². The molecule has 0 amide bonds. The van der Waals surface area contributed by atoms with Crippen LogP contribution >= 0.6 is 0 Å². The van der Waals surface area contributed by atoms with Gasteiger partial charge in [-0.3, -0.25) is 0 Å². The number of fused-ring (bicyclic) bond motifs is 1. The first-order chi connectivity index (χ1) is 12.8. The number of hydrogen-bond acceptors (Lipinski definition) is 2. The molecule has 0 bridgehead atoms. The maximum atomic E-state index is 5.54. The summed E-state index contributed by atoms with van der Waals surface area (Å²) in [6.45, 7) is 2.65. The van der Waals surface area contributed by atoms with Crippen LogP contribution in [0.1, 0.15) is 18.3 Å². The van der Waals surface area contributed by atoms with Gasteiger partial charge in [0.15, 0.2) is 0 Å². The van der Waals surface area contributed by atoms with Crippen LogP contribution in [0.4, 0.5) is 0 Å². The predicted octanol–water partition coefficient (Wildman–Crippen LogP) is 5.80. The number of ether oxygens (including phenoxy) is 1. The van der Waals surface area contributed by atoms with Crippen LogP contribution < -0.4 is 4.74 Å². The van der Waals surface area contributed by atoms with Crippen molar-refractivity contribution in [1.82, 2.24) is 9.97 Å². The molecule has 1 aromatic heterocycles. The van der Waals surface area contributed by atoms with Crippen molar-refractivity contribution in [3.05, 3.63) is 84.2 Å². The lowest BCUT2D eigenvalue weighted by molar-refractivity contribution is 0.340. The van der Waals surface area contributed by atoms with Crippen molar-refractivity contribution in [3.63, 3.8) is 0 Å². The third-order valence-electron chi connectivity index (χ3n) is 4.21. The maximum Gasteiger partial charge on any atom is 0.131 e. The van der Waals surface area contributed by atoms with Gasteiger partial charge in [-0.25, -0.2) is 4.98 Å². The lowest BCUT2D eigenvalue weighted by Crippen LogP contribution is -1.90. The Morgan fingerprint density at radius 1 is 0.885 bits per heavy atom. The molecule has 1 N–H and O–H groups in total. The van der Waals surface area contributed by atoms with E-state index in [9.17, 15) is 0 Å². The van der Waals surface area contributed by atoms with Crippen molar-refractivity contribution < 1.29 is 4.74 Å². The average molecular weight is 340 g/mol. The van der Waals surface area contributed by atoms with Crippen LogP contribution in [0.5, 0.6) is 5.75 Å². The lowest BCUT2D eigenvalue weighted by atomic mass is 10.1. The predicted molar refractivity (Wildman–Crippen MR) is 108 cm³/mol. The monoisotopic (exact) mass is 340 g/mol. The van der Waals surface area contributed by atoms with Gasteiger partial charge >= 0.3 is 0 Å². The minimum atomic E-state index is 0.667. The fourth-order valence-electron chi connectivity index (χ4n) is 2.97. The molecule has 4 rings (SSSR count). The van der Waals surface area contributed by atoms with Crippen LogP contribution in [-0.4, -0.2) is 16.6 Å². The third-order valence-corrected chi connectivity index (χ3v) is 4.21. The highest BCUT2D eigenvalue weighted by molar-refractivity contribution is 5.84. The fraction of sp³-hybridized carbons (Fsp3) is 0.0870. The maximum absolute atomic E-state index is 5.54. The Balaban J connectivity index is 1.60. The molecule has 0 aliphatic rings. The van der Waals surface area contributed by atoms with E-state index in [1.54, 1.807) is 0 Å². The van der Waals surface area contributed by atoms with Crippen molar-refractivity contribution in [2.24, 2.45) is 0 Å². The highest BCUT2D eigenvalue weighted by Gasteiger charge is 2.03. The van der Waals surface area contributed by atoms with E-state index < -0.39 is 0 Å². The zero-order valence-electron chi connectivity index (χ0n) is 14.6. The van der Waals surface area contributed by atoms with Gasteiger partial charge in [0.1, 0.15) is 11.6 Å². The fourth-order valence-corrected chi connectivity index (χ4v) is 2.97. The van der Waals surface area contributed by atoms with Crippen molar-refractivity contribution in [3.8, 4) is 16.9 Å². The number of benzene rings is 3.